The lowest BCUT2D eigenvalue weighted by molar-refractivity contribution is 0.629. The number of aromatic nitrogens is 1. The van der Waals surface area contributed by atoms with Gasteiger partial charge in [-0.25, -0.2) is 4.39 Å². The van der Waals surface area contributed by atoms with Crippen molar-refractivity contribution in [2.24, 2.45) is 4.99 Å². The SMILES string of the molecule is CN=C(NCCc1c[nH]c2cc(F)ccc12)NCc1cc(Br)cs1.I. The molecule has 3 N–H and O–H groups in total. The average Bonchev–Trinajstić information content (AvgIpc) is 3.16. The van der Waals surface area contributed by atoms with Crippen LogP contribution in [0.1, 0.15) is 10.4 Å². The standard InChI is InChI=1S/C17H18BrFN4S.HI/c1-20-17(23-9-14-6-12(18)10-24-14)21-5-4-11-8-22-16-7-13(19)2-3-15(11)16;/h2-3,6-8,10,22H,4-5,9H2,1H3,(H2,20,21,23);1H. The smallest absolute Gasteiger partial charge is 0.191 e. The second-order valence-corrected chi connectivity index (χ2v) is 7.25. The number of guanidine groups is 1. The number of aromatic amines is 1. The Balaban J connectivity index is 0.00000225. The van der Waals surface area contributed by atoms with Crippen molar-refractivity contribution in [1.82, 2.24) is 15.6 Å². The molecule has 0 saturated heterocycles. The first-order chi connectivity index (χ1) is 11.7. The lowest BCUT2D eigenvalue weighted by Crippen LogP contribution is -2.37. The van der Waals surface area contributed by atoms with Gasteiger partial charge in [-0.05, 0) is 52.2 Å². The van der Waals surface area contributed by atoms with Crippen LogP contribution < -0.4 is 10.6 Å². The van der Waals surface area contributed by atoms with Crippen LogP contribution in [0.5, 0.6) is 0 Å². The van der Waals surface area contributed by atoms with Crippen LogP contribution in [0.15, 0.2) is 45.3 Å². The summed E-state index contributed by atoms with van der Waals surface area (Å²) in [5.74, 6) is 0.546. The van der Waals surface area contributed by atoms with Gasteiger partial charge in [0.05, 0.1) is 6.54 Å². The van der Waals surface area contributed by atoms with E-state index in [9.17, 15) is 4.39 Å². The molecule has 0 fully saturated rings. The monoisotopic (exact) mass is 536 g/mol. The van der Waals surface area contributed by atoms with Crippen molar-refractivity contribution < 1.29 is 4.39 Å². The summed E-state index contributed by atoms with van der Waals surface area (Å²) in [6.07, 6.45) is 2.77. The van der Waals surface area contributed by atoms with Gasteiger partial charge >= 0.3 is 0 Å². The molecule has 25 heavy (non-hydrogen) atoms. The maximum absolute atomic E-state index is 13.2. The van der Waals surface area contributed by atoms with Gasteiger partial charge < -0.3 is 15.6 Å². The third-order valence-electron chi connectivity index (χ3n) is 3.69. The minimum atomic E-state index is -0.223. The maximum Gasteiger partial charge on any atom is 0.191 e. The van der Waals surface area contributed by atoms with E-state index in [4.69, 9.17) is 0 Å². The number of thiophene rings is 1. The second kappa shape index (κ2) is 9.54. The van der Waals surface area contributed by atoms with E-state index >= 15 is 0 Å². The molecule has 0 aliphatic rings. The summed E-state index contributed by atoms with van der Waals surface area (Å²) in [4.78, 5) is 8.59. The van der Waals surface area contributed by atoms with Gasteiger partial charge in [0.15, 0.2) is 5.96 Å². The fourth-order valence-electron chi connectivity index (χ4n) is 2.52. The largest absolute Gasteiger partial charge is 0.361 e. The van der Waals surface area contributed by atoms with E-state index in [1.165, 1.54) is 17.0 Å². The molecule has 2 aromatic heterocycles. The second-order valence-electron chi connectivity index (χ2n) is 5.34. The Morgan fingerprint density at radius 2 is 2.16 bits per heavy atom. The van der Waals surface area contributed by atoms with Crippen LogP contribution in [0.2, 0.25) is 0 Å². The van der Waals surface area contributed by atoms with E-state index in [0.29, 0.717) is 0 Å². The van der Waals surface area contributed by atoms with Crippen molar-refractivity contribution >= 4 is 68.1 Å². The van der Waals surface area contributed by atoms with Crippen molar-refractivity contribution in [3.63, 3.8) is 0 Å². The zero-order chi connectivity index (χ0) is 16.9. The van der Waals surface area contributed by atoms with Gasteiger partial charge in [-0.2, -0.15) is 0 Å². The van der Waals surface area contributed by atoms with E-state index < -0.39 is 0 Å². The Kier molecular flexibility index (Phi) is 7.70. The number of aliphatic imine (C=N–C) groups is 1. The normalized spacial score (nSPS) is 11.4. The molecule has 0 atom stereocenters. The molecule has 0 unspecified atom stereocenters. The molecule has 0 saturated carbocycles. The zero-order valence-corrected chi connectivity index (χ0v) is 18.3. The number of hydrogen-bond acceptors (Lipinski definition) is 2. The van der Waals surface area contributed by atoms with Gasteiger partial charge in [0.1, 0.15) is 5.82 Å². The fraction of sp³-hybridized carbons (Fsp3) is 0.235. The third kappa shape index (κ3) is 5.42. The van der Waals surface area contributed by atoms with Crippen molar-refractivity contribution in [3.8, 4) is 0 Å². The van der Waals surface area contributed by atoms with Gasteiger partial charge in [0.25, 0.3) is 0 Å². The Bertz CT molecular complexity index is 861. The van der Waals surface area contributed by atoms with E-state index in [1.54, 1.807) is 18.4 Å². The molecule has 4 nitrogen and oxygen atoms in total. The molecule has 8 heteroatoms. The molecule has 0 amide bonds. The molecule has 3 rings (SSSR count). The highest BCUT2D eigenvalue weighted by atomic mass is 127. The van der Waals surface area contributed by atoms with Crippen LogP contribution in [0.4, 0.5) is 4.39 Å². The lowest BCUT2D eigenvalue weighted by Gasteiger charge is -2.11. The zero-order valence-electron chi connectivity index (χ0n) is 13.6. The number of H-pyrrole nitrogens is 1. The average molecular weight is 537 g/mol. The fourth-order valence-corrected chi connectivity index (χ4v) is 3.91. The first-order valence-corrected chi connectivity index (χ1v) is 9.26. The number of benzene rings is 1. The summed E-state index contributed by atoms with van der Waals surface area (Å²) >= 11 is 5.15. The predicted octanol–water partition coefficient (Wildman–Crippen LogP) is 4.66. The van der Waals surface area contributed by atoms with Crippen molar-refractivity contribution in [2.45, 2.75) is 13.0 Å². The maximum atomic E-state index is 13.2. The molecule has 3 aromatic rings. The summed E-state index contributed by atoms with van der Waals surface area (Å²) in [5, 5.41) is 9.72. The molecular weight excluding hydrogens is 518 g/mol. The Morgan fingerprint density at radius 1 is 1.32 bits per heavy atom. The Labute approximate surface area is 175 Å². The van der Waals surface area contributed by atoms with Crippen LogP contribution in [0.25, 0.3) is 10.9 Å². The molecule has 0 aliphatic heterocycles. The molecule has 134 valence electrons. The minimum absolute atomic E-state index is 0. The third-order valence-corrected chi connectivity index (χ3v) is 5.39. The highest BCUT2D eigenvalue weighted by Crippen LogP contribution is 2.20. The number of rotatable bonds is 5. The van der Waals surface area contributed by atoms with Crippen LogP contribution >= 0.6 is 51.2 Å². The van der Waals surface area contributed by atoms with Crippen molar-refractivity contribution in [2.75, 3.05) is 13.6 Å². The van der Waals surface area contributed by atoms with E-state index in [2.05, 4.69) is 48.0 Å². The first kappa shape index (κ1) is 20.2. The van der Waals surface area contributed by atoms with E-state index in [0.717, 1.165) is 46.4 Å². The van der Waals surface area contributed by atoms with Gasteiger partial charge in [-0.3, -0.25) is 4.99 Å². The lowest BCUT2D eigenvalue weighted by atomic mass is 10.1. The molecule has 0 radical (unpaired) electrons. The van der Waals surface area contributed by atoms with Crippen LogP contribution in [-0.2, 0) is 13.0 Å². The summed E-state index contributed by atoms with van der Waals surface area (Å²) in [5.41, 5.74) is 1.99. The molecular formula is C17H19BrFIN4S. The molecule has 0 bridgehead atoms. The van der Waals surface area contributed by atoms with Gasteiger partial charge in [0.2, 0.25) is 0 Å². The molecule has 1 aromatic carbocycles. The highest BCUT2D eigenvalue weighted by molar-refractivity contribution is 14.0. The van der Waals surface area contributed by atoms with Gasteiger partial charge in [-0.1, -0.05) is 0 Å². The first-order valence-electron chi connectivity index (χ1n) is 7.58. The molecule has 0 aliphatic carbocycles. The highest BCUT2D eigenvalue weighted by Gasteiger charge is 2.05. The van der Waals surface area contributed by atoms with Crippen LogP contribution in [-0.4, -0.2) is 24.5 Å². The number of halogens is 3. The molecule has 2 heterocycles. The predicted molar refractivity (Wildman–Crippen MR) is 118 cm³/mol. The summed E-state index contributed by atoms with van der Waals surface area (Å²) in [7, 11) is 1.76. The number of fused-ring (bicyclic) bond motifs is 1. The summed E-state index contributed by atoms with van der Waals surface area (Å²) < 4.78 is 14.3. The van der Waals surface area contributed by atoms with Crippen LogP contribution in [0.3, 0.4) is 0 Å². The van der Waals surface area contributed by atoms with Gasteiger partial charge in [-0.15, -0.1) is 35.3 Å². The minimum Gasteiger partial charge on any atom is -0.361 e. The summed E-state index contributed by atoms with van der Waals surface area (Å²) in [6.45, 7) is 1.49. The quantitative estimate of drug-likeness (QED) is 0.252. The summed E-state index contributed by atoms with van der Waals surface area (Å²) in [6, 6.07) is 6.92. The topological polar surface area (TPSA) is 52.2 Å². The Morgan fingerprint density at radius 3 is 2.88 bits per heavy atom. The van der Waals surface area contributed by atoms with E-state index in [-0.39, 0.29) is 29.8 Å². The van der Waals surface area contributed by atoms with Crippen molar-refractivity contribution in [1.29, 1.82) is 0 Å². The van der Waals surface area contributed by atoms with Crippen molar-refractivity contribution in [3.05, 3.63) is 56.6 Å². The molecule has 0 spiro atoms. The van der Waals surface area contributed by atoms with Gasteiger partial charge in [0, 0.05) is 45.4 Å². The number of nitrogens with one attached hydrogen (secondary N) is 3. The van der Waals surface area contributed by atoms with Crippen LogP contribution in [0, 0.1) is 5.82 Å². The van der Waals surface area contributed by atoms with E-state index in [1.807, 2.05) is 12.3 Å². The number of hydrogen-bond donors (Lipinski definition) is 3. The Hall–Kier alpha value is -1.13. The number of nitrogens with zero attached hydrogens (tertiary/aromatic N) is 1.